The number of morpholine rings is 1. The fourth-order valence-corrected chi connectivity index (χ4v) is 8.33. The van der Waals surface area contributed by atoms with Gasteiger partial charge in [-0.3, -0.25) is 24.3 Å². The quantitative estimate of drug-likeness (QED) is 0.170. The van der Waals surface area contributed by atoms with Gasteiger partial charge < -0.3 is 21.5 Å². The predicted molar refractivity (Wildman–Crippen MR) is 216 cm³/mol. The molecule has 6 N–H and O–H groups in total. The van der Waals surface area contributed by atoms with Crippen LogP contribution in [0.25, 0.3) is 22.5 Å². The minimum absolute atomic E-state index is 0. The molecule has 14 nitrogen and oxygen atoms in total. The fraction of sp³-hybridized carbons (Fsp3) is 0.488. The molecule has 3 heterocycles. The zero-order chi connectivity index (χ0) is 38.3. The van der Waals surface area contributed by atoms with Crippen molar-refractivity contribution in [2.75, 3.05) is 37.7 Å². The summed E-state index contributed by atoms with van der Waals surface area (Å²) in [6.07, 6.45) is 9.15. The highest BCUT2D eigenvalue weighted by Gasteiger charge is 2.35. The fourth-order valence-electron chi connectivity index (χ4n) is 8.33. The van der Waals surface area contributed by atoms with Crippen LogP contribution in [0.3, 0.4) is 0 Å². The molecule has 1 atom stereocenters. The van der Waals surface area contributed by atoms with E-state index in [9.17, 15) is 14.4 Å². The number of hydrogen-bond donors (Lipinski definition) is 4. The molecule has 15 heteroatoms. The van der Waals surface area contributed by atoms with Crippen molar-refractivity contribution in [3.05, 3.63) is 77.6 Å². The minimum Gasteiger partial charge on any atom is -0.379 e. The van der Waals surface area contributed by atoms with Gasteiger partial charge in [-0.05, 0) is 129 Å². The summed E-state index contributed by atoms with van der Waals surface area (Å²) in [5.74, 6) is -0.319. The molecule has 3 aliphatic rings. The van der Waals surface area contributed by atoms with E-state index in [1.54, 1.807) is 30.5 Å². The van der Waals surface area contributed by atoms with Crippen molar-refractivity contribution in [1.82, 2.24) is 35.8 Å². The number of H-pyrrole nitrogens is 1. The van der Waals surface area contributed by atoms with Crippen molar-refractivity contribution in [2.45, 2.75) is 82.8 Å². The Labute approximate surface area is 333 Å². The number of aryl methyl sites for hydroxylation is 1. The monoisotopic (exact) mass is 784 g/mol. The Bertz CT molecular complexity index is 1910. The molecular formula is C41H53ClN10O4. The second-order valence-corrected chi connectivity index (χ2v) is 15.3. The number of benzene rings is 2. The Morgan fingerprint density at radius 3 is 2.25 bits per heavy atom. The molecule has 3 amide bonds. The van der Waals surface area contributed by atoms with Crippen molar-refractivity contribution < 1.29 is 19.1 Å². The van der Waals surface area contributed by atoms with Crippen LogP contribution in [0.5, 0.6) is 0 Å². The summed E-state index contributed by atoms with van der Waals surface area (Å²) in [7, 11) is 0. The van der Waals surface area contributed by atoms with Crippen molar-refractivity contribution in [3.8, 4) is 22.5 Å². The Hall–Kier alpha value is -4.60. The van der Waals surface area contributed by atoms with E-state index in [-0.39, 0.29) is 42.6 Å². The third-order valence-corrected chi connectivity index (χ3v) is 11.7. The van der Waals surface area contributed by atoms with Gasteiger partial charge in [0.2, 0.25) is 11.7 Å². The number of hydrogen-bond acceptors (Lipinski definition) is 11. The van der Waals surface area contributed by atoms with Crippen LogP contribution in [0.2, 0.25) is 0 Å². The number of anilines is 1. The molecule has 2 aromatic carbocycles. The molecule has 0 spiro atoms. The minimum atomic E-state index is -0.956. The zero-order valence-corrected chi connectivity index (χ0v) is 32.8. The number of pyridine rings is 1. The lowest BCUT2D eigenvalue weighted by atomic mass is 9.81. The summed E-state index contributed by atoms with van der Waals surface area (Å²) in [5.41, 5.74) is 17.7. The number of carbonyl (C=O) groups excluding carboxylic acids is 3. The first kappa shape index (κ1) is 41.0. The average Bonchev–Trinajstić information content (AvgIpc) is 3.77. The van der Waals surface area contributed by atoms with Crippen molar-refractivity contribution >= 4 is 35.8 Å². The molecule has 0 bridgehead atoms. The van der Waals surface area contributed by atoms with E-state index in [2.05, 4.69) is 35.8 Å². The SMILES string of the molecule is Cc1cc(C(=O)NC2CCC(N3CCOCC3)CC2)ncc1-c1ccc(C[C@H](N)C(=O)N(C(=O)C2CCC(CN)CC2)c2ccc(-c3nn[nH]n3)cc2)cc1.Cl. The van der Waals surface area contributed by atoms with Gasteiger partial charge in [0.05, 0.1) is 24.9 Å². The van der Waals surface area contributed by atoms with Crippen LogP contribution in [0.1, 0.15) is 73.0 Å². The third kappa shape index (κ3) is 9.67. The van der Waals surface area contributed by atoms with E-state index in [0.717, 1.165) is 87.1 Å². The van der Waals surface area contributed by atoms with E-state index in [0.29, 0.717) is 54.1 Å². The molecule has 56 heavy (non-hydrogen) atoms. The summed E-state index contributed by atoms with van der Waals surface area (Å²) in [4.78, 5) is 49.6. The van der Waals surface area contributed by atoms with Gasteiger partial charge in [-0.15, -0.1) is 22.6 Å². The Balaban J connectivity index is 0.00000532. The summed E-state index contributed by atoms with van der Waals surface area (Å²) in [5, 5.41) is 17.3. The van der Waals surface area contributed by atoms with E-state index < -0.39 is 11.9 Å². The lowest BCUT2D eigenvalue weighted by Crippen LogP contribution is -2.50. The van der Waals surface area contributed by atoms with Crippen LogP contribution < -0.4 is 21.7 Å². The second kappa shape index (κ2) is 19.0. The number of tetrazole rings is 1. The van der Waals surface area contributed by atoms with Crippen molar-refractivity contribution in [3.63, 3.8) is 0 Å². The Morgan fingerprint density at radius 2 is 1.62 bits per heavy atom. The first-order valence-electron chi connectivity index (χ1n) is 19.6. The third-order valence-electron chi connectivity index (χ3n) is 11.7. The number of halogens is 1. The lowest BCUT2D eigenvalue weighted by molar-refractivity contribution is -0.130. The number of amides is 3. The molecule has 0 unspecified atom stereocenters. The molecule has 2 saturated carbocycles. The highest BCUT2D eigenvalue weighted by molar-refractivity contribution is 6.17. The first-order chi connectivity index (χ1) is 26.8. The lowest BCUT2D eigenvalue weighted by Gasteiger charge is -2.38. The van der Waals surface area contributed by atoms with Gasteiger partial charge in [0.25, 0.3) is 11.8 Å². The molecule has 7 rings (SSSR count). The summed E-state index contributed by atoms with van der Waals surface area (Å²) in [6.45, 7) is 6.17. The van der Waals surface area contributed by atoms with E-state index in [4.69, 9.17) is 16.2 Å². The van der Waals surface area contributed by atoms with Gasteiger partial charge in [-0.2, -0.15) is 5.21 Å². The van der Waals surface area contributed by atoms with Gasteiger partial charge in [0, 0.05) is 48.4 Å². The van der Waals surface area contributed by atoms with Gasteiger partial charge in [-0.1, -0.05) is 24.3 Å². The van der Waals surface area contributed by atoms with Crippen molar-refractivity contribution in [1.29, 1.82) is 0 Å². The second-order valence-electron chi connectivity index (χ2n) is 15.3. The number of nitrogens with two attached hydrogens (primary N) is 2. The maximum Gasteiger partial charge on any atom is 0.270 e. The molecule has 1 aliphatic heterocycles. The molecule has 2 aliphatic carbocycles. The number of carbonyl (C=O) groups is 3. The molecule has 4 aromatic rings. The van der Waals surface area contributed by atoms with Gasteiger partial charge in [0.1, 0.15) is 5.69 Å². The Kier molecular flexibility index (Phi) is 13.9. The van der Waals surface area contributed by atoms with E-state index >= 15 is 0 Å². The summed E-state index contributed by atoms with van der Waals surface area (Å²) >= 11 is 0. The molecule has 1 saturated heterocycles. The smallest absolute Gasteiger partial charge is 0.270 e. The van der Waals surface area contributed by atoms with E-state index in [1.165, 1.54) is 4.90 Å². The molecule has 2 aromatic heterocycles. The van der Waals surface area contributed by atoms with Crippen LogP contribution >= 0.6 is 12.4 Å². The number of nitrogens with one attached hydrogen (secondary N) is 2. The number of rotatable bonds is 11. The number of aromatic amines is 1. The first-order valence-corrected chi connectivity index (χ1v) is 19.6. The predicted octanol–water partition coefficient (Wildman–Crippen LogP) is 4.23. The summed E-state index contributed by atoms with van der Waals surface area (Å²) in [6, 6.07) is 16.4. The highest BCUT2D eigenvalue weighted by atomic mass is 35.5. The van der Waals surface area contributed by atoms with E-state index in [1.807, 2.05) is 37.3 Å². The van der Waals surface area contributed by atoms with Gasteiger partial charge in [-0.25, -0.2) is 4.90 Å². The average molecular weight is 785 g/mol. The summed E-state index contributed by atoms with van der Waals surface area (Å²) < 4.78 is 5.50. The zero-order valence-electron chi connectivity index (χ0n) is 31.9. The largest absolute Gasteiger partial charge is 0.379 e. The number of imide groups is 1. The van der Waals surface area contributed by atoms with Crippen molar-refractivity contribution in [2.24, 2.45) is 23.3 Å². The standard InChI is InChI=1S/C41H52N10O4.ClH/c1-26-22-37(39(52)45-32-12-16-33(17-13-32)50-18-20-55-21-19-50)44-25-35(26)29-6-2-27(3-7-29)23-36(43)41(54)51(40(53)31-8-4-28(24-42)5-9-31)34-14-10-30(11-15-34)38-46-48-49-47-38;/h2-3,6-7,10-11,14-15,22,25,28,31-33,36H,4-5,8-9,12-13,16-21,23-24,42-43H2,1H3,(H,45,52)(H,46,47,48,49);1H/t28?,31?,32?,33?,36-;/m0./s1. The maximum absolute atomic E-state index is 14.1. The molecule has 0 radical (unpaired) electrons. The number of nitrogens with zero attached hydrogens (tertiary/aromatic N) is 6. The van der Waals surface area contributed by atoms with Gasteiger partial charge >= 0.3 is 0 Å². The normalized spacial score (nSPS) is 22.1. The van der Waals surface area contributed by atoms with Crippen LogP contribution in [-0.2, 0) is 20.7 Å². The molecule has 3 fully saturated rings. The molecule has 298 valence electrons. The number of aromatic nitrogens is 5. The van der Waals surface area contributed by atoms with Gasteiger partial charge in [0.15, 0.2) is 0 Å². The molecular weight excluding hydrogens is 732 g/mol. The highest BCUT2D eigenvalue weighted by Crippen LogP contribution is 2.32. The topological polar surface area (TPSA) is 198 Å². The Morgan fingerprint density at radius 1 is 0.946 bits per heavy atom. The van der Waals surface area contributed by atoms with Crippen LogP contribution in [0.15, 0.2) is 60.8 Å². The number of ether oxygens (including phenoxy) is 1. The van der Waals surface area contributed by atoms with Crippen LogP contribution in [-0.4, -0.2) is 99.2 Å². The van der Waals surface area contributed by atoms with Crippen LogP contribution in [0, 0.1) is 18.8 Å². The van der Waals surface area contributed by atoms with Crippen LogP contribution in [0.4, 0.5) is 5.69 Å². The maximum atomic E-state index is 14.1.